The van der Waals surface area contributed by atoms with E-state index in [2.05, 4.69) is 33.9 Å². The van der Waals surface area contributed by atoms with Gasteiger partial charge in [0, 0.05) is 37.7 Å². The van der Waals surface area contributed by atoms with E-state index in [1.165, 1.54) is 12.8 Å². The number of hydrogen-bond donors (Lipinski definition) is 1. The van der Waals surface area contributed by atoms with Crippen LogP contribution in [0.3, 0.4) is 0 Å². The van der Waals surface area contributed by atoms with Gasteiger partial charge in [0.2, 0.25) is 0 Å². The second kappa shape index (κ2) is 4.92. The van der Waals surface area contributed by atoms with E-state index < -0.39 is 0 Å². The summed E-state index contributed by atoms with van der Waals surface area (Å²) >= 11 is 0. The summed E-state index contributed by atoms with van der Waals surface area (Å²) in [6.45, 7) is 5.09. The Morgan fingerprint density at radius 2 is 2.29 bits per heavy atom. The predicted octanol–water partition coefficient (Wildman–Crippen LogP) is 1.81. The second-order valence-electron chi connectivity index (χ2n) is 8.01. The van der Waals surface area contributed by atoms with E-state index in [0.717, 1.165) is 42.3 Å². The summed E-state index contributed by atoms with van der Waals surface area (Å²) in [5, 5.41) is 0. The summed E-state index contributed by atoms with van der Waals surface area (Å²) in [6, 6.07) is 2.03. The van der Waals surface area contributed by atoms with E-state index in [-0.39, 0.29) is 5.60 Å². The number of H-pyrrole nitrogens is 1. The van der Waals surface area contributed by atoms with Crippen molar-refractivity contribution in [3.8, 4) is 0 Å². The van der Waals surface area contributed by atoms with Gasteiger partial charge in [-0.05, 0) is 39.9 Å². The lowest BCUT2D eigenvalue weighted by molar-refractivity contribution is 0.0136. The molecule has 3 saturated heterocycles. The highest BCUT2D eigenvalue weighted by Crippen LogP contribution is 2.55. The molecule has 0 aromatic carbocycles. The number of nitrogens with one attached hydrogen (secondary N) is 1. The highest BCUT2D eigenvalue weighted by Gasteiger charge is 2.63. The zero-order chi connectivity index (χ0) is 16.5. The molecule has 1 N–H and O–H groups in total. The fraction of sp³-hybridized carbons (Fsp3) is 0.667. The summed E-state index contributed by atoms with van der Waals surface area (Å²) in [5.41, 5.74) is 2.10. The Hall–Kier alpha value is -1.66. The van der Waals surface area contributed by atoms with Gasteiger partial charge in [-0.1, -0.05) is 0 Å². The lowest BCUT2D eigenvalue weighted by atomic mass is 9.73. The van der Waals surface area contributed by atoms with Crippen molar-refractivity contribution in [1.82, 2.24) is 19.9 Å². The molecule has 3 fully saturated rings. The van der Waals surface area contributed by atoms with Gasteiger partial charge in [-0.15, -0.1) is 0 Å². The van der Waals surface area contributed by atoms with Gasteiger partial charge in [0.05, 0.1) is 17.2 Å². The van der Waals surface area contributed by atoms with Crippen molar-refractivity contribution < 1.29 is 4.74 Å². The molecule has 4 atom stereocenters. The van der Waals surface area contributed by atoms with Gasteiger partial charge in [-0.25, -0.2) is 9.97 Å². The molecule has 0 radical (unpaired) electrons. The molecule has 2 bridgehead atoms. The highest BCUT2D eigenvalue weighted by atomic mass is 16.5. The molecule has 5 heterocycles. The fourth-order valence-corrected chi connectivity index (χ4v) is 5.29. The highest BCUT2D eigenvalue weighted by molar-refractivity contribution is 5.86. The Kier molecular flexibility index (Phi) is 3.01. The molecule has 1 spiro atoms. The summed E-state index contributed by atoms with van der Waals surface area (Å²) < 4.78 is 6.55. The zero-order valence-corrected chi connectivity index (χ0v) is 14.6. The number of anilines is 1. The molecular weight excluding hydrogens is 302 g/mol. The first-order valence-electron chi connectivity index (χ1n) is 8.95. The Labute approximate surface area is 142 Å². The van der Waals surface area contributed by atoms with Crippen LogP contribution in [0.15, 0.2) is 12.3 Å². The van der Waals surface area contributed by atoms with Crippen molar-refractivity contribution in [3.63, 3.8) is 0 Å². The number of ether oxygens (including phenoxy) is 1. The van der Waals surface area contributed by atoms with Crippen molar-refractivity contribution in [2.45, 2.75) is 31.5 Å². The molecule has 6 heteroatoms. The van der Waals surface area contributed by atoms with Gasteiger partial charge in [0.25, 0.3) is 0 Å². The average Bonchev–Trinajstić information content (AvgIpc) is 3.26. The maximum Gasteiger partial charge on any atom is 0.156 e. The molecule has 2 aromatic rings. The van der Waals surface area contributed by atoms with Crippen LogP contribution in [0.1, 0.15) is 18.7 Å². The smallest absolute Gasteiger partial charge is 0.156 e. The molecule has 6 nitrogen and oxygen atoms in total. The standard InChI is InChI=1S/C18H25N5O/c1-11-20-14-5-7-19-16(14)17(21-11)23-9-13-12(8-22(2)3)15-4-6-18(13,10-23)24-15/h5,7,12-13,15,19H,4,6,8-10H2,1-3H3/t12-,13+,15+,18+/m1/s1. The van der Waals surface area contributed by atoms with E-state index >= 15 is 0 Å². The first kappa shape index (κ1) is 14.7. The van der Waals surface area contributed by atoms with E-state index in [1.807, 2.05) is 19.2 Å². The molecule has 128 valence electrons. The fourth-order valence-electron chi connectivity index (χ4n) is 5.29. The number of nitrogens with zero attached hydrogens (tertiary/aromatic N) is 4. The monoisotopic (exact) mass is 327 g/mol. The number of aryl methyl sites for hydroxylation is 1. The Morgan fingerprint density at radius 1 is 1.42 bits per heavy atom. The van der Waals surface area contributed by atoms with Crippen molar-refractivity contribution in [3.05, 3.63) is 18.1 Å². The number of aromatic nitrogens is 3. The minimum absolute atomic E-state index is 0.0448. The van der Waals surface area contributed by atoms with Gasteiger partial charge in [-0.3, -0.25) is 0 Å². The zero-order valence-electron chi connectivity index (χ0n) is 14.6. The van der Waals surface area contributed by atoms with Crippen LogP contribution in [-0.2, 0) is 4.74 Å². The van der Waals surface area contributed by atoms with Gasteiger partial charge in [0.15, 0.2) is 5.82 Å². The molecule has 0 amide bonds. The van der Waals surface area contributed by atoms with E-state index in [9.17, 15) is 0 Å². The lowest BCUT2D eigenvalue weighted by Gasteiger charge is -2.30. The van der Waals surface area contributed by atoms with Crippen LogP contribution in [0.25, 0.3) is 11.0 Å². The van der Waals surface area contributed by atoms with E-state index in [1.54, 1.807) is 0 Å². The van der Waals surface area contributed by atoms with Crippen LogP contribution >= 0.6 is 0 Å². The maximum atomic E-state index is 6.55. The maximum absolute atomic E-state index is 6.55. The van der Waals surface area contributed by atoms with E-state index in [0.29, 0.717) is 17.9 Å². The first-order valence-corrected chi connectivity index (χ1v) is 8.95. The molecule has 5 rings (SSSR count). The third-order valence-electron chi connectivity index (χ3n) is 6.16. The molecule has 2 aromatic heterocycles. The lowest BCUT2D eigenvalue weighted by Crippen LogP contribution is -2.40. The second-order valence-corrected chi connectivity index (χ2v) is 8.01. The largest absolute Gasteiger partial charge is 0.369 e. The van der Waals surface area contributed by atoms with Crippen molar-refractivity contribution >= 4 is 16.9 Å². The van der Waals surface area contributed by atoms with Crippen molar-refractivity contribution in [2.75, 3.05) is 38.6 Å². The number of rotatable bonds is 3. The van der Waals surface area contributed by atoms with Crippen LogP contribution in [0, 0.1) is 18.8 Å². The van der Waals surface area contributed by atoms with Gasteiger partial charge in [-0.2, -0.15) is 0 Å². The Balaban J connectivity index is 1.51. The van der Waals surface area contributed by atoms with Crippen molar-refractivity contribution in [2.24, 2.45) is 11.8 Å². The van der Waals surface area contributed by atoms with Crippen molar-refractivity contribution in [1.29, 1.82) is 0 Å². The van der Waals surface area contributed by atoms with Crippen LogP contribution < -0.4 is 4.90 Å². The molecule has 3 aliphatic heterocycles. The summed E-state index contributed by atoms with van der Waals surface area (Å²) in [5.74, 6) is 3.13. The van der Waals surface area contributed by atoms with Crippen LogP contribution in [0.2, 0.25) is 0 Å². The third-order valence-corrected chi connectivity index (χ3v) is 6.16. The van der Waals surface area contributed by atoms with E-state index in [4.69, 9.17) is 9.72 Å². The van der Waals surface area contributed by atoms with Gasteiger partial charge >= 0.3 is 0 Å². The van der Waals surface area contributed by atoms with Crippen LogP contribution in [0.4, 0.5) is 5.82 Å². The summed E-state index contributed by atoms with van der Waals surface area (Å²) in [6.07, 6.45) is 4.82. The minimum Gasteiger partial charge on any atom is -0.369 e. The Morgan fingerprint density at radius 3 is 3.12 bits per heavy atom. The number of aromatic amines is 1. The molecular formula is C18H25N5O. The molecule has 0 saturated carbocycles. The van der Waals surface area contributed by atoms with Gasteiger partial charge in [0.1, 0.15) is 11.3 Å². The SMILES string of the molecule is Cc1nc(N2C[C@H]3[C@@H](CN(C)C)[C@@H]4CC[C@@]3(C2)O4)c2[nH]ccc2n1. The number of hydrogen-bond acceptors (Lipinski definition) is 5. The third kappa shape index (κ3) is 1.96. The number of fused-ring (bicyclic) bond motifs is 2. The molecule has 0 aliphatic carbocycles. The van der Waals surface area contributed by atoms with Gasteiger partial charge < -0.3 is 19.5 Å². The first-order chi connectivity index (χ1) is 11.6. The summed E-state index contributed by atoms with van der Waals surface area (Å²) in [4.78, 5) is 17.4. The minimum atomic E-state index is 0.0448. The molecule has 24 heavy (non-hydrogen) atoms. The van der Waals surface area contributed by atoms with Crippen LogP contribution in [-0.4, -0.2) is 65.3 Å². The average molecular weight is 327 g/mol. The predicted molar refractivity (Wildman–Crippen MR) is 93.2 cm³/mol. The molecule has 3 aliphatic rings. The summed E-state index contributed by atoms with van der Waals surface area (Å²) in [7, 11) is 4.34. The normalized spacial score (nSPS) is 34.7. The molecule has 0 unspecified atom stereocenters. The topological polar surface area (TPSA) is 57.3 Å². The van der Waals surface area contributed by atoms with Crippen LogP contribution in [0.5, 0.6) is 0 Å². The quantitative estimate of drug-likeness (QED) is 0.932. The Bertz CT molecular complexity index is 787.